The van der Waals surface area contributed by atoms with Crippen molar-refractivity contribution in [3.05, 3.63) is 42.5 Å². The summed E-state index contributed by atoms with van der Waals surface area (Å²) < 4.78 is 51.3. The number of anilines is 1. The number of hydrogen-bond acceptors (Lipinski definition) is 5. The van der Waals surface area contributed by atoms with Crippen molar-refractivity contribution in [2.75, 3.05) is 12.4 Å². The van der Waals surface area contributed by atoms with Crippen LogP contribution >= 0.6 is 0 Å². The second-order valence-electron chi connectivity index (χ2n) is 6.13. The van der Waals surface area contributed by atoms with Crippen molar-refractivity contribution in [1.82, 2.24) is 5.32 Å². The Morgan fingerprint density at radius 2 is 1.76 bits per heavy atom. The number of benzene rings is 2. The Balaban J connectivity index is 1.71. The van der Waals surface area contributed by atoms with Gasteiger partial charge in [0.1, 0.15) is 29.0 Å². The second kappa shape index (κ2) is 8.29. The van der Waals surface area contributed by atoms with Crippen LogP contribution in [0, 0.1) is 0 Å². The van der Waals surface area contributed by atoms with E-state index in [1.807, 2.05) is 0 Å². The molecule has 0 radical (unpaired) electrons. The van der Waals surface area contributed by atoms with Crippen molar-refractivity contribution in [2.45, 2.75) is 25.2 Å². The third-order valence-corrected chi connectivity index (χ3v) is 4.03. The number of methoxy groups -OCH3 is 1. The van der Waals surface area contributed by atoms with Gasteiger partial charge in [0.05, 0.1) is 12.8 Å². The highest BCUT2D eigenvalue weighted by atomic mass is 19.4. The van der Waals surface area contributed by atoms with E-state index < -0.39 is 12.4 Å². The topological polar surface area (TPSA) is 85.9 Å². The van der Waals surface area contributed by atoms with E-state index in [1.54, 1.807) is 12.1 Å². The van der Waals surface area contributed by atoms with Crippen LogP contribution in [0.5, 0.6) is 23.0 Å². The first-order valence-electron chi connectivity index (χ1n) is 8.55. The van der Waals surface area contributed by atoms with E-state index in [-0.39, 0.29) is 29.7 Å². The molecule has 0 aromatic heterocycles. The van der Waals surface area contributed by atoms with Gasteiger partial charge in [-0.05, 0) is 42.8 Å². The average Bonchev–Trinajstić information content (AvgIpc) is 3.09. The minimum Gasteiger partial charge on any atom is -0.495 e. The van der Waals surface area contributed by atoms with Crippen LogP contribution in [0.4, 0.5) is 18.9 Å². The first-order valence-corrected chi connectivity index (χ1v) is 8.55. The molecule has 0 spiro atoms. The number of carbonyl (C=O) groups excluding carboxylic acids is 2. The maximum Gasteiger partial charge on any atom is 0.573 e. The van der Waals surface area contributed by atoms with Crippen molar-refractivity contribution < 1.29 is 37.0 Å². The molecule has 29 heavy (non-hydrogen) atoms. The van der Waals surface area contributed by atoms with E-state index in [9.17, 15) is 22.8 Å². The molecular weight excluding hydrogens is 393 g/mol. The van der Waals surface area contributed by atoms with Gasteiger partial charge in [-0.2, -0.15) is 0 Å². The molecule has 154 valence electrons. The number of alkyl halides is 3. The predicted molar refractivity (Wildman–Crippen MR) is 96.0 cm³/mol. The summed E-state index contributed by atoms with van der Waals surface area (Å²) >= 11 is 0. The fraction of sp³-hybridized carbons (Fsp3) is 0.263. The summed E-state index contributed by atoms with van der Waals surface area (Å²) in [5.41, 5.74) is 0.327. The van der Waals surface area contributed by atoms with Gasteiger partial charge in [0, 0.05) is 12.5 Å². The van der Waals surface area contributed by atoms with Gasteiger partial charge in [0.2, 0.25) is 11.8 Å². The molecule has 0 bridgehead atoms. The summed E-state index contributed by atoms with van der Waals surface area (Å²) in [6, 6.07) is 8.90. The molecule has 2 aromatic carbocycles. The quantitative estimate of drug-likeness (QED) is 0.760. The van der Waals surface area contributed by atoms with E-state index in [0.717, 1.165) is 12.1 Å². The molecule has 10 heteroatoms. The Kier molecular flexibility index (Phi) is 5.81. The molecule has 1 atom stereocenters. The van der Waals surface area contributed by atoms with E-state index >= 15 is 0 Å². The minimum absolute atomic E-state index is 0.188. The van der Waals surface area contributed by atoms with Crippen LogP contribution in [0.25, 0.3) is 0 Å². The van der Waals surface area contributed by atoms with Gasteiger partial charge >= 0.3 is 6.36 Å². The number of ether oxygens (including phenoxy) is 3. The van der Waals surface area contributed by atoms with Gasteiger partial charge in [0.15, 0.2) is 0 Å². The molecule has 1 fully saturated rings. The predicted octanol–water partition coefficient (Wildman–Crippen LogP) is 3.60. The number of hydrogen-bond donors (Lipinski definition) is 2. The summed E-state index contributed by atoms with van der Waals surface area (Å²) in [5, 5.41) is 5.25. The number of carbonyl (C=O) groups is 2. The van der Waals surface area contributed by atoms with Gasteiger partial charge in [-0.3, -0.25) is 9.59 Å². The molecule has 2 aromatic rings. The normalized spacial score (nSPS) is 16.1. The highest BCUT2D eigenvalue weighted by molar-refractivity contribution is 6.00. The second-order valence-corrected chi connectivity index (χ2v) is 6.13. The van der Waals surface area contributed by atoms with Crippen LogP contribution in [0.15, 0.2) is 42.5 Å². The molecule has 0 aliphatic carbocycles. The summed E-state index contributed by atoms with van der Waals surface area (Å²) in [4.78, 5) is 23.6. The van der Waals surface area contributed by atoms with Gasteiger partial charge < -0.3 is 24.8 Å². The van der Waals surface area contributed by atoms with Crippen molar-refractivity contribution in [2.24, 2.45) is 0 Å². The van der Waals surface area contributed by atoms with Crippen LogP contribution in [0.2, 0.25) is 0 Å². The standard InChI is InChI=1S/C19H17F3N2O5/c1-27-16-8-6-13(10-15(16)24-18(26)14-7-9-17(25)23-14)28-11-2-4-12(5-3-11)29-19(20,21)22/h2-6,8,10,14H,7,9H2,1H3,(H,23,25)(H,24,26). The summed E-state index contributed by atoms with van der Waals surface area (Å²) in [6.45, 7) is 0. The van der Waals surface area contributed by atoms with Crippen LogP contribution in [-0.2, 0) is 9.59 Å². The van der Waals surface area contributed by atoms with Gasteiger partial charge in [-0.25, -0.2) is 0 Å². The van der Waals surface area contributed by atoms with Crippen LogP contribution in [-0.4, -0.2) is 31.3 Å². The maximum atomic E-state index is 12.3. The third-order valence-electron chi connectivity index (χ3n) is 4.03. The fourth-order valence-electron chi connectivity index (χ4n) is 2.72. The molecular formula is C19H17F3N2O5. The molecule has 1 saturated heterocycles. The SMILES string of the molecule is COc1ccc(Oc2ccc(OC(F)(F)F)cc2)cc1NC(=O)C1CCC(=O)N1. The summed E-state index contributed by atoms with van der Waals surface area (Å²) in [6.07, 6.45) is -4.09. The van der Waals surface area contributed by atoms with Crippen LogP contribution in [0.1, 0.15) is 12.8 Å². The van der Waals surface area contributed by atoms with Crippen molar-refractivity contribution in [3.8, 4) is 23.0 Å². The molecule has 3 rings (SSSR count). The van der Waals surface area contributed by atoms with E-state index in [0.29, 0.717) is 23.6 Å². The highest BCUT2D eigenvalue weighted by Gasteiger charge is 2.31. The van der Waals surface area contributed by atoms with Gasteiger partial charge in [-0.15, -0.1) is 13.2 Å². The smallest absolute Gasteiger partial charge is 0.495 e. The molecule has 1 heterocycles. The largest absolute Gasteiger partial charge is 0.573 e. The summed E-state index contributed by atoms with van der Waals surface area (Å²) in [5.74, 6) is 0.0215. The van der Waals surface area contributed by atoms with E-state index in [4.69, 9.17) is 9.47 Å². The van der Waals surface area contributed by atoms with Crippen LogP contribution < -0.4 is 24.8 Å². The van der Waals surface area contributed by atoms with Crippen molar-refractivity contribution in [3.63, 3.8) is 0 Å². The molecule has 1 aliphatic rings. The Bertz CT molecular complexity index is 900. The van der Waals surface area contributed by atoms with Gasteiger partial charge in [0.25, 0.3) is 0 Å². The van der Waals surface area contributed by atoms with Crippen LogP contribution in [0.3, 0.4) is 0 Å². The number of amides is 2. The Labute approximate surface area is 163 Å². The summed E-state index contributed by atoms with van der Waals surface area (Å²) in [7, 11) is 1.43. The zero-order chi connectivity index (χ0) is 21.0. The molecule has 2 amide bonds. The van der Waals surface area contributed by atoms with Crippen molar-refractivity contribution in [1.29, 1.82) is 0 Å². The maximum absolute atomic E-state index is 12.3. The van der Waals surface area contributed by atoms with Crippen molar-refractivity contribution >= 4 is 17.5 Å². The number of rotatable bonds is 6. The zero-order valence-electron chi connectivity index (χ0n) is 15.2. The Morgan fingerprint density at radius 1 is 1.10 bits per heavy atom. The average molecular weight is 410 g/mol. The fourth-order valence-corrected chi connectivity index (χ4v) is 2.72. The Hall–Kier alpha value is -3.43. The molecule has 1 unspecified atom stereocenters. The van der Waals surface area contributed by atoms with Gasteiger partial charge in [-0.1, -0.05) is 0 Å². The molecule has 0 saturated carbocycles. The number of nitrogens with one attached hydrogen (secondary N) is 2. The van der Waals surface area contributed by atoms with E-state index in [1.165, 1.54) is 25.3 Å². The third kappa shape index (κ3) is 5.53. The lowest BCUT2D eigenvalue weighted by Crippen LogP contribution is -2.37. The highest BCUT2D eigenvalue weighted by Crippen LogP contribution is 2.33. The Morgan fingerprint density at radius 3 is 2.34 bits per heavy atom. The first-order chi connectivity index (χ1) is 13.7. The minimum atomic E-state index is -4.77. The van der Waals surface area contributed by atoms with E-state index in [2.05, 4.69) is 15.4 Å². The zero-order valence-corrected chi connectivity index (χ0v) is 15.2. The lowest BCUT2D eigenvalue weighted by molar-refractivity contribution is -0.274. The monoisotopic (exact) mass is 410 g/mol. The molecule has 2 N–H and O–H groups in total. The molecule has 7 nitrogen and oxygen atoms in total. The lowest BCUT2D eigenvalue weighted by Gasteiger charge is -2.15. The first kappa shape index (κ1) is 20.3. The molecule has 1 aliphatic heterocycles. The number of halogens is 3. The lowest BCUT2D eigenvalue weighted by atomic mass is 10.2.